The molecule has 4 nitrogen and oxygen atoms in total. The van der Waals surface area contributed by atoms with E-state index >= 15 is 0 Å². The molecule has 3 rings (SSSR count). The zero-order chi connectivity index (χ0) is 15.2. The minimum atomic E-state index is 0.145. The fourth-order valence-corrected chi connectivity index (χ4v) is 2.64. The molecule has 0 saturated heterocycles. The van der Waals surface area contributed by atoms with E-state index in [2.05, 4.69) is 17.4 Å². The zero-order valence-corrected chi connectivity index (χ0v) is 12.5. The molecule has 1 heterocycles. The molecule has 0 aliphatic heterocycles. The Hall–Kier alpha value is -2.07. The quantitative estimate of drug-likeness (QED) is 0.762. The van der Waals surface area contributed by atoms with Gasteiger partial charge in [0, 0.05) is 19.1 Å². The SMILES string of the molecule is O=C(NCCCOCc1ccco1)C1CC1c1ccccc1. The predicted molar refractivity (Wildman–Crippen MR) is 83.3 cm³/mol. The summed E-state index contributed by atoms with van der Waals surface area (Å²) in [5.74, 6) is 1.54. The van der Waals surface area contributed by atoms with E-state index in [0.717, 1.165) is 18.6 Å². The van der Waals surface area contributed by atoms with E-state index in [4.69, 9.17) is 9.15 Å². The lowest BCUT2D eigenvalue weighted by molar-refractivity contribution is -0.122. The number of nitrogens with one attached hydrogen (secondary N) is 1. The molecule has 2 aromatic rings. The molecule has 1 amide bonds. The number of ether oxygens (including phenoxy) is 1. The normalized spacial score (nSPS) is 19.8. The van der Waals surface area contributed by atoms with Gasteiger partial charge in [0.05, 0.1) is 6.26 Å². The van der Waals surface area contributed by atoms with Crippen molar-refractivity contribution in [3.8, 4) is 0 Å². The summed E-state index contributed by atoms with van der Waals surface area (Å²) in [7, 11) is 0. The molecule has 1 saturated carbocycles. The summed E-state index contributed by atoms with van der Waals surface area (Å²) in [4.78, 5) is 12.0. The van der Waals surface area contributed by atoms with Crippen LogP contribution in [-0.2, 0) is 16.1 Å². The van der Waals surface area contributed by atoms with Crippen LogP contribution in [0.1, 0.15) is 30.1 Å². The van der Waals surface area contributed by atoms with Gasteiger partial charge >= 0.3 is 0 Å². The number of furan rings is 1. The van der Waals surface area contributed by atoms with Gasteiger partial charge in [0.15, 0.2) is 0 Å². The third-order valence-corrected chi connectivity index (χ3v) is 3.94. The maximum absolute atomic E-state index is 12.0. The Kier molecular flexibility index (Phi) is 4.91. The Labute approximate surface area is 130 Å². The van der Waals surface area contributed by atoms with Gasteiger partial charge in [-0.1, -0.05) is 30.3 Å². The number of carbonyl (C=O) groups excluding carboxylic acids is 1. The van der Waals surface area contributed by atoms with Crippen LogP contribution in [0.25, 0.3) is 0 Å². The van der Waals surface area contributed by atoms with E-state index in [1.807, 2.05) is 30.3 Å². The van der Waals surface area contributed by atoms with Crippen LogP contribution in [0.5, 0.6) is 0 Å². The molecule has 1 aromatic heterocycles. The van der Waals surface area contributed by atoms with Gasteiger partial charge in [-0.2, -0.15) is 0 Å². The molecule has 0 radical (unpaired) electrons. The molecule has 116 valence electrons. The highest BCUT2D eigenvalue weighted by Crippen LogP contribution is 2.47. The van der Waals surface area contributed by atoms with Crippen LogP contribution in [0.4, 0.5) is 0 Å². The Morgan fingerprint density at radius 2 is 2.09 bits per heavy atom. The number of carbonyl (C=O) groups is 1. The van der Waals surface area contributed by atoms with Gasteiger partial charge in [-0.15, -0.1) is 0 Å². The lowest BCUT2D eigenvalue weighted by Gasteiger charge is -2.05. The van der Waals surface area contributed by atoms with Gasteiger partial charge in [-0.05, 0) is 36.5 Å². The highest BCUT2D eigenvalue weighted by atomic mass is 16.5. The van der Waals surface area contributed by atoms with E-state index in [9.17, 15) is 4.79 Å². The van der Waals surface area contributed by atoms with Gasteiger partial charge in [-0.3, -0.25) is 4.79 Å². The van der Waals surface area contributed by atoms with Crippen LogP contribution in [0, 0.1) is 5.92 Å². The van der Waals surface area contributed by atoms with Crippen LogP contribution < -0.4 is 5.32 Å². The molecular formula is C18H21NO3. The van der Waals surface area contributed by atoms with Gasteiger partial charge in [0.25, 0.3) is 0 Å². The maximum atomic E-state index is 12.0. The highest BCUT2D eigenvalue weighted by Gasteiger charge is 2.43. The first kappa shape index (κ1) is 14.9. The van der Waals surface area contributed by atoms with Crippen molar-refractivity contribution in [3.63, 3.8) is 0 Å². The van der Waals surface area contributed by atoms with Crippen molar-refractivity contribution >= 4 is 5.91 Å². The van der Waals surface area contributed by atoms with E-state index < -0.39 is 0 Å². The highest BCUT2D eigenvalue weighted by molar-refractivity contribution is 5.82. The van der Waals surface area contributed by atoms with E-state index in [1.165, 1.54) is 5.56 Å². The second-order valence-electron chi connectivity index (χ2n) is 5.64. The molecule has 0 bridgehead atoms. The van der Waals surface area contributed by atoms with Crippen LogP contribution in [0.3, 0.4) is 0 Å². The monoisotopic (exact) mass is 299 g/mol. The topological polar surface area (TPSA) is 51.5 Å². The van der Waals surface area contributed by atoms with Gasteiger partial charge in [0.2, 0.25) is 5.91 Å². The summed E-state index contributed by atoms with van der Waals surface area (Å²) < 4.78 is 10.7. The molecule has 0 spiro atoms. The number of hydrogen-bond donors (Lipinski definition) is 1. The fourth-order valence-electron chi connectivity index (χ4n) is 2.64. The third kappa shape index (κ3) is 3.98. The summed E-state index contributed by atoms with van der Waals surface area (Å²) >= 11 is 0. The van der Waals surface area contributed by atoms with Crippen molar-refractivity contribution in [2.45, 2.75) is 25.4 Å². The second-order valence-corrected chi connectivity index (χ2v) is 5.64. The van der Waals surface area contributed by atoms with Crippen LogP contribution >= 0.6 is 0 Å². The Morgan fingerprint density at radius 3 is 2.86 bits per heavy atom. The summed E-state index contributed by atoms with van der Waals surface area (Å²) in [5.41, 5.74) is 1.27. The van der Waals surface area contributed by atoms with E-state index in [0.29, 0.717) is 25.7 Å². The standard InChI is InChI=1S/C18H21NO3/c20-18(17-12-16(17)14-6-2-1-3-7-14)19-9-5-10-21-13-15-8-4-11-22-15/h1-4,6-8,11,16-17H,5,9-10,12-13H2,(H,19,20). The van der Waals surface area contributed by atoms with Crippen LogP contribution in [0.2, 0.25) is 0 Å². The Morgan fingerprint density at radius 1 is 1.23 bits per heavy atom. The molecule has 4 heteroatoms. The maximum Gasteiger partial charge on any atom is 0.223 e. The molecule has 2 unspecified atom stereocenters. The summed E-state index contributed by atoms with van der Waals surface area (Å²) in [6, 6.07) is 14.0. The largest absolute Gasteiger partial charge is 0.467 e. The first-order valence-electron chi connectivity index (χ1n) is 7.77. The number of rotatable bonds is 8. The van der Waals surface area contributed by atoms with Gasteiger partial charge < -0.3 is 14.5 Å². The lowest BCUT2D eigenvalue weighted by atomic mass is 10.1. The van der Waals surface area contributed by atoms with Crippen molar-refractivity contribution < 1.29 is 13.9 Å². The minimum absolute atomic E-state index is 0.145. The van der Waals surface area contributed by atoms with Gasteiger partial charge in [-0.25, -0.2) is 0 Å². The number of benzene rings is 1. The van der Waals surface area contributed by atoms with E-state index in [-0.39, 0.29) is 11.8 Å². The number of hydrogen-bond acceptors (Lipinski definition) is 3. The lowest BCUT2D eigenvalue weighted by Crippen LogP contribution is -2.27. The molecule has 1 N–H and O–H groups in total. The van der Waals surface area contributed by atoms with E-state index in [1.54, 1.807) is 6.26 Å². The molecule has 22 heavy (non-hydrogen) atoms. The van der Waals surface area contributed by atoms with Crippen molar-refractivity contribution in [3.05, 3.63) is 60.1 Å². The van der Waals surface area contributed by atoms with Gasteiger partial charge in [0.1, 0.15) is 12.4 Å². The molecule has 1 fully saturated rings. The predicted octanol–water partition coefficient (Wildman–Crippen LogP) is 3.11. The first-order valence-corrected chi connectivity index (χ1v) is 7.77. The van der Waals surface area contributed by atoms with Crippen molar-refractivity contribution in [1.29, 1.82) is 0 Å². The Bertz CT molecular complexity index is 580. The number of amides is 1. The summed E-state index contributed by atoms with van der Waals surface area (Å²) in [6.45, 7) is 1.77. The summed E-state index contributed by atoms with van der Waals surface area (Å²) in [5, 5.41) is 3.00. The van der Waals surface area contributed by atoms with Crippen LogP contribution in [-0.4, -0.2) is 19.1 Å². The second kappa shape index (κ2) is 7.27. The smallest absolute Gasteiger partial charge is 0.223 e. The Balaban J connectivity index is 1.28. The molecule has 1 aliphatic carbocycles. The average Bonchev–Trinajstić information content (AvgIpc) is 3.20. The zero-order valence-electron chi connectivity index (χ0n) is 12.5. The average molecular weight is 299 g/mol. The van der Waals surface area contributed by atoms with Crippen LogP contribution in [0.15, 0.2) is 53.1 Å². The first-order chi connectivity index (χ1) is 10.8. The molecule has 2 atom stereocenters. The van der Waals surface area contributed by atoms with Crippen molar-refractivity contribution in [1.82, 2.24) is 5.32 Å². The summed E-state index contributed by atoms with van der Waals surface area (Å²) in [6.07, 6.45) is 3.41. The van der Waals surface area contributed by atoms with Crippen molar-refractivity contribution in [2.24, 2.45) is 5.92 Å². The molecular weight excluding hydrogens is 278 g/mol. The third-order valence-electron chi connectivity index (χ3n) is 3.94. The minimum Gasteiger partial charge on any atom is -0.467 e. The van der Waals surface area contributed by atoms with Crippen molar-refractivity contribution in [2.75, 3.05) is 13.2 Å². The molecule has 1 aromatic carbocycles. The fraction of sp³-hybridized carbons (Fsp3) is 0.389. The molecule has 1 aliphatic rings.